The van der Waals surface area contributed by atoms with Crippen LogP contribution in [0.15, 0.2) is 35.1 Å². The Morgan fingerprint density at radius 3 is 2.75 bits per heavy atom. The third-order valence-corrected chi connectivity index (χ3v) is 3.79. The maximum atomic E-state index is 6.18. The lowest BCUT2D eigenvalue weighted by Crippen LogP contribution is -2.24. The summed E-state index contributed by atoms with van der Waals surface area (Å²) in [4.78, 5) is 0. The zero-order valence-corrected chi connectivity index (χ0v) is 12.5. The summed E-state index contributed by atoms with van der Waals surface area (Å²) in [7, 11) is 0. The van der Waals surface area contributed by atoms with Crippen LogP contribution >= 0.6 is 0 Å². The third-order valence-electron chi connectivity index (χ3n) is 3.79. The quantitative estimate of drug-likeness (QED) is 0.804. The molecule has 0 bridgehead atoms. The van der Waals surface area contributed by atoms with Crippen LogP contribution in [0.2, 0.25) is 0 Å². The number of hydrogen-bond donors (Lipinski definition) is 1. The summed E-state index contributed by atoms with van der Waals surface area (Å²) in [5.41, 5.74) is 7.27. The molecule has 0 amide bonds. The molecule has 0 aromatic carbocycles. The molecule has 0 radical (unpaired) electrons. The molecule has 1 atom stereocenters. The molecular formula is C16H25N3O. The molecule has 0 aliphatic rings. The molecule has 0 fully saturated rings. The van der Waals surface area contributed by atoms with Gasteiger partial charge in [0.05, 0.1) is 18.0 Å². The van der Waals surface area contributed by atoms with Gasteiger partial charge in [0, 0.05) is 25.1 Å². The van der Waals surface area contributed by atoms with E-state index in [2.05, 4.69) is 35.9 Å². The van der Waals surface area contributed by atoms with E-state index in [1.165, 1.54) is 0 Å². The molecule has 1 unspecified atom stereocenters. The van der Waals surface area contributed by atoms with Gasteiger partial charge in [-0.3, -0.25) is 4.68 Å². The number of rotatable bonds is 8. The van der Waals surface area contributed by atoms with Gasteiger partial charge < -0.3 is 10.2 Å². The van der Waals surface area contributed by atoms with Crippen LogP contribution in [-0.2, 0) is 12.8 Å². The highest BCUT2D eigenvalue weighted by Gasteiger charge is 2.11. The van der Waals surface area contributed by atoms with Crippen molar-refractivity contribution < 1.29 is 4.42 Å². The second kappa shape index (κ2) is 7.29. The number of nitrogens with zero attached hydrogens (tertiary/aromatic N) is 2. The van der Waals surface area contributed by atoms with Crippen LogP contribution in [0.3, 0.4) is 0 Å². The Bertz CT molecular complexity index is 486. The molecule has 2 rings (SSSR count). The van der Waals surface area contributed by atoms with Crippen molar-refractivity contribution >= 4 is 0 Å². The molecule has 0 spiro atoms. The van der Waals surface area contributed by atoms with Gasteiger partial charge in [0.15, 0.2) is 0 Å². The average Bonchev–Trinajstić information content (AvgIpc) is 3.10. The summed E-state index contributed by atoms with van der Waals surface area (Å²) in [5.74, 6) is 1.00. The highest BCUT2D eigenvalue weighted by atomic mass is 16.3. The van der Waals surface area contributed by atoms with E-state index in [4.69, 9.17) is 10.2 Å². The first kappa shape index (κ1) is 14.9. The summed E-state index contributed by atoms with van der Waals surface area (Å²) >= 11 is 0. The zero-order valence-electron chi connectivity index (χ0n) is 12.5. The molecule has 0 saturated carbocycles. The first-order valence-corrected chi connectivity index (χ1v) is 7.54. The normalized spacial score (nSPS) is 13.0. The summed E-state index contributed by atoms with van der Waals surface area (Å²) in [6.45, 7) is 4.40. The van der Waals surface area contributed by atoms with Crippen molar-refractivity contribution in [2.75, 3.05) is 0 Å². The molecule has 2 N–H and O–H groups in total. The number of aromatic nitrogens is 2. The Labute approximate surface area is 121 Å². The summed E-state index contributed by atoms with van der Waals surface area (Å²) in [6.07, 6.45) is 8.65. The van der Waals surface area contributed by atoms with E-state index in [0.717, 1.165) is 43.6 Å². The highest BCUT2D eigenvalue weighted by Crippen LogP contribution is 2.15. The van der Waals surface area contributed by atoms with E-state index in [9.17, 15) is 0 Å². The van der Waals surface area contributed by atoms with Crippen LogP contribution in [-0.4, -0.2) is 15.8 Å². The molecule has 110 valence electrons. The van der Waals surface area contributed by atoms with Crippen LogP contribution in [0.25, 0.3) is 0 Å². The number of aryl methyl sites for hydroxylation is 1. The maximum absolute atomic E-state index is 6.18. The fourth-order valence-electron chi connectivity index (χ4n) is 2.51. The minimum Gasteiger partial charge on any atom is -0.469 e. The highest BCUT2D eigenvalue weighted by molar-refractivity contribution is 5.03. The SMILES string of the molecule is CCC(CC)n1ccc(CC(N)CCc2ccco2)n1. The van der Waals surface area contributed by atoms with E-state index in [-0.39, 0.29) is 6.04 Å². The van der Waals surface area contributed by atoms with Gasteiger partial charge in [0.25, 0.3) is 0 Å². The molecule has 20 heavy (non-hydrogen) atoms. The zero-order chi connectivity index (χ0) is 14.4. The molecule has 2 heterocycles. The Balaban J connectivity index is 1.83. The lowest BCUT2D eigenvalue weighted by molar-refractivity contribution is 0.423. The smallest absolute Gasteiger partial charge is 0.103 e. The third kappa shape index (κ3) is 3.97. The lowest BCUT2D eigenvalue weighted by Gasteiger charge is -2.13. The van der Waals surface area contributed by atoms with Crippen LogP contribution in [0.5, 0.6) is 0 Å². The summed E-state index contributed by atoms with van der Waals surface area (Å²) in [5, 5.41) is 4.65. The molecule has 2 aromatic rings. The Kier molecular flexibility index (Phi) is 5.41. The van der Waals surface area contributed by atoms with Crippen LogP contribution in [0, 0.1) is 0 Å². The van der Waals surface area contributed by atoms with Crippen LogP contribution < -0.4 is 5.73 Å². The van der Waals surface area contributed by atoms with Crippen molar-refractivity contribution in [3.05, 3.63) is 42.1 Å². The molecule has 4 nitrogen and oxygen atoms in total. The van der Waals surface area contributed by atoms with E-state index in [1.54, 1.807) is 6.26 Å². The monoisotopic (exact) mass is 275 g/mol. The summed E-state index contributed by atoms with van der Waals surface area (Å²) in [6, 6.07) is 6.63. The predicted molar refractivity (Wildman–Crippen MR) is 80.6 cm³/mol. The van der Waals surface area contributed by atoms with Crippen LogP contribution in [0.4, 0.5) is 0 Å². The van der Waals surface area contributed by atoms with Crippen molar-refractivity contribution in [2.24, 2.45) is 5.73 Å². The van der Waals surface area contributed by atoms with Gasteiger partial charge in [0.2, 0.25) is 0 Å². The first-order valence-electron chi connectivity index (χ1n) is 7.54. The number of hydrogen-bond acceptors (Lipinski definition) is 3. The number of nitrogens with two attached hydrogens (primary N) is 1. The van der Waals surface area contributed by atoms with Crippen molar-refractivity contribution in [2.45, 2.75) is 58.0 Å². The van der Waals surface area contributed by atoms with Gasteiger partial charge >= 0.3 is 0 Å². The van der Waals surface area contributed by atoms with Crippen molar-refractivity contribution in [1.29, 1.82) is 0 Å². The van der Waals surface area contributed by atoms with Crippen LogP contribution in [0.1, 0.15) is 50.6 Å². The largest absolute Gasteiger partial charge is 0.469 e. The Morgan fingerprint density at radius 2 is 2.10 bits per heavy atom. The van der Waals surface area contributed by atoms with Gasteiger partial charge in [0.1, 0.15) is 5.76 Å². The maximum Gasteiger partial charge on any atom is 0.103 e. The van der Waals surface area contributed by atoms with E-state index < -0.39 is 0 Å². The van der Waals surface area contributed by atoms with Gasteiger partial charge in [-0.2, -0.15) is 5.10 Å². The molecule has 0 saturated heterocycles. The molecule has 4 heteroatoms. The van der Waals surface area contributed by atoms with Gasteiger partial charge in [-0.25, -0.2) is 0 Å². The van der Waals surface area contributed by atoms with E-state index in [1.807, 2.05) is 12.1 Å². The first-order chi connectivity index (χ1) is 9.72. The second-order valence-corrected chi connectivity index (χ2v) is 5.34. The topological polar surface area (TPSA) is 57.0 Å². The van der Waals surface area contributed by atoms with Crippen molar-refractivity contribution in [1.82, 2.24) is 9.78 Å². The van der Waals surface area contributed by atoms with E-state index >= 15 is 0 Å². The number of furan rings is 1. The second-order valence-electron chi connectivity index (χ2n) is 5.34. The Morgan fingerprint density at radius 1 is 1.30 bits per heavy atom. The minimum atomic E-state index is 0.130. The standard InChI is InChI=1S/C16H25N3O/c1-3-15(4-2)19-10-9-14(18-19)12-13(17)7-8-16-6-5-11-20-16/h5-6,9-11,13,15H,3-4,7-8,12,17H2,1-2H3. The van der Waals surface area contributed by atoms with Gasteiger partial charge in [-0.05, 0) is 37.5 Å². The average molecular weight is 275 g/mol. The van der Waals surface area contributed by atoms with Crippen molar-refractivity contribution in [3.8, 4) is 0 Å². The summed E-state index contributed by atoms with van der Waals surface area (Å²) < 4.78 is 7.40. The predicted octanol–water partition coefficient (Wildman–Crippen LogP) is 3.34. The van der Waals surface area contributed by atoms with Gasteiger partial charge in [-0.15, -0.1) is 0 Å². The lowest BCUT2D eigenvalue weighted by atomic mass is 10.1. The van der Waals surface area contributed by atoms with Crippen molar-refractivity contribution in [3.63, 3.8) is 0 Å². The fraction of sp³-hybridized carbons (Fsp3) is 0.562. The molecule has 0 aliphatic carbocycles. The molecular weight excluding hydrogens is 250 g/mol. The Hall–Kier alpha value is -1.55. The molecule has 2 aromatic heterocycles. The molecule has 0 aliphatic heterocycles. The van der Waals surface area contributed by atoms with E-state index in [0.29, 0.717) is 6.04 Å². The minimum absolute atomic E-state index is 0.130. The fourth-order valence-corrected chi connectivity index (χ4v) is 2.51. The van der Waals surface area contributed by atoms with Gasteiger partial charge in [-0.1, -0.05) is 13.8 Å².